The van der Waals surface area contributed by atoms with Gasteiger partial charge in [0.2, 0.25) is 0 Å². The monoisotopic (exact) mass is 156 g/mol. The first-order valence-corrected chi connectivity index (χ1v) is 3.67. The third kappa shape index (κ3) is 1.20. The molecule has 0 aromatic rings. The van der Waals surface area contributed by atoms with E-state index in [-0.39, 0.29) is 24.0 Å². The van der Waals surface area contributed by atoms with Gasteiger partial charge in [0.1, 0.15) is 6.04 Å². The van der Waals surface area contributed by atoms with Crippen LogP contribution in [0.2, 0.25) is 0 Å². The van der Waals surface area contributed by atoms with Crippen molar-refractivity contribution in [2.45, 2.75) is 32.9 Å². The van der Waals surface area contributed by atoms with E-state index >= 15 is 0 Å². The summed E-state index contributed by atoms with van der Waals surface area (Å²) < 4.78 is 0. The number of hydrogen-bond donors (Lipinski definition) is 1. The summed E-state index contributed by atoms with van der Waals surface area (Å²) in [6.07, 6.45) is 0. The average Bonchev–Trinajstić information content (AvgIpc) is 2.07. The summed E-state index contributed by atoms with van der Waals surface area (Å²) in [5, 5.41) is 2.54. The lowest BCUT2D eigenvalue weighted by Crippen LogP contribution is -2.37. The van der Waals surface area contributed by atoms with Crippen molar-refractivity contribution in [3.05, 3.63) is 0 Å². The topological polar surface area (TPSA) is 49.4 Å². The van der Waals surface area contributed by atoms with Gasteiger partial charge in [0, 0.05) is 6.04 Å². The second kappa shape index (κ2) is 2.53. The van der Waals surface area contributed by atoms with Crippen LogP contribution in [0.15, 0.2) is 0 Å². The molecule has 1 saturated heterocycles. The van der Waals surface area contributed by atoms with Gasteiger partial charge < -0.3 is 5.32 Å². The predicted octanol–water partition coefficient (Wildman–Crippen LogP) is 0.335. The van der Waals surface area contributed by atoms with Crippen LogP contribution in [0.25, 0.3) is 0 Å². The van der Waals surface area contributed by atoms with Crippen LogP contribution in [0.4, 0.5) is 4.79 Å². The van der Waals surface area contributed by atoms with E-state index in [9.17, 15) is 9.59 Å². The largest absolute Gasteiger partial charge is 0.326 e. The van der Waals surface area contributed by atoms with Crippen LogP contribution < -0.4 is 5.32 Å². The zero-order valence-corrected chi connectivity index (χ0v) is 6.92. The van der Waals surface area contributed by atoms with Crippen LogP contribution in [0.5, 0.6) is 0 Å². The number of amides is 3. The van der Waals surface area contributed by atoms with Gasteiger partial charge in [0.15, 0.2) is 0 Å². The van der Waals surface area contributed by atoms with Crippen LogP contribution in [-0.4, -0.2) is 28.9 Å². The quantitative estimate of drug-likeness (QED) is 0.556. The number of hydrogen-bond acceptors (Lipinski definition) is 2. The van der Waals surface area contributed by atoms with E-state index in [0.717, 1.165) is 0 Å². The number of carbonyl (C=O) groups excluding carboxylic acids is 2. The van der Waals surface area contributed by atoms with Crippen molar-refractivity contribution < 1.29 is 9.59 Å². The molecule has 0 spiro atoms. The van der Waals surface area contributed by atoms with Crippen molar-refractivity contribution in [3.8, 4) is 0 Å². The minimum Gasteiger partial charge on any atom is -0.326 e. The van der Waals surface area contributed by atoms with E-state index in [1.165, 1.54) is 4.90 Å². The van der Waals surface area contributed by atoms with Gasteiger partial charge in [-0.15, -0.1) is 0 Å². The Morgan fingerprint density at radius 1 is 1.45 bits per heavy atom. The summed E-state index contributed by atoms with van der Waals surface area (Å²) in [6.45, 7) is 5.31. The highest BCUT2D eigenvalue weighted by Crippen LogP contribution is 2.09. The van der Waals surface area contributed by atoms with Gasteiger partial charge in [-0.25, -0.2) is 4.79 Å². The van der Waals surface area contributed by atoms with Crippen molar-refractivity contribution in [2.24, 2.45) is 0 Å². The van der Waals surface area contributed by atoms with E-state index in [1.54, 1.807) is 6.92 Å². The fourth-order valence-electron chi connectivity index (χ4n) is 1.11. The molecule has 1 aliphatic heterocycles. The lowest BCUT2D eigenvalue weighted by Gasteiger charge is -2.16. The first kappa shape index (κ1) is 8.04. The van der Waals surface area contributed by atoms with Crippen LogP contribution in [-0.2, 0) is 4.79 Å². The third-order valence-corrected chi connectivity index (χ3v) is 1.68. The number of nitrogens with zero attached hydrogens (tertiary/aromatic N) is 1. The second-order valence-electron chi connectivity index (χ2n) is 2.97. The summed E-state index contributed by atoms with van der Waals surface area (Å²) in [4.78, 5) is 23.5. The lowest BCUT2D eigenvalue weighted by atomic mass is 10.3. The maximum atomic E-state index is 11.2. The van der Waals surface area contributed by atoms with Crippen LogP contribution in [0.1, 0.15) is 20.8 Å². The maximum Gasteiger partial charge on any atom is 0.325 e. The molecule has 1 fully saturated rings. The van der Waals surface area contributed by atoms with Gasteiger partial charge in [-0.3, -0.25) is 9.69 Å². The Bertz CT molecular complexity index is 201. The molecule has 0 aromatic carbocycles. The van der Waals surface area contributed by atoms with Gasteiger partial charge in [0.25, 0.3) is 5.91 Å². The molecule has 0 aromatic heterocycles. The Balaban J connectivity index is 2.80. The van der Waals surface area contributed by atoms with Crippen molar-refractivity contribution in [3.63, 3.8) is 0 Å². The molecular weight excluding hydrogens is 144 g/mol. The normalized spacial score (nSPS) is 24.7. The standard InChI is InChI=1S/C7H12N2O2/c1-4(2)9-6(10)5(3)8-7(9)11/h4-5H,1-3H3,(H,8,11). The van der Waals surface area contributed by atoms with Gasteiger partial charge in [-0.1, -0.05) is 0 Å². The van der Waals surface area contributed by atoms with Crippen LogP contribution in [0, 0.1) is 0 Å². The van der Waals surface area contributed by atoms with E-state index in [4.69, 9.17) is 0 Å². The Labute approximate surface area is 65.6 Å². The molecule has 1 atom stereocenters. The highest BCUT2D eigenvalue weighted by atomic mass is 16.2. The number of imide groups is 1. The Kier molecular flexibility index (Phi) is 1.85. The van der Waals surface area contributed by atoms with E-state index in [1.807, 2.05) is 13.8 Å². The Morgan fingerprint density at radius 2 is 2.00 bits per heavy atom. The fourth-order valence-corrected chi connectivity index (χ4v) is 1.11. The highest BCUT2D eigenvalue weighted by molar-refractivity contribution is 6.04. The van der Waals surface area contributed by atoms with Gasteiger partial charge in [-0.05, 0) is 20.8 Å². The Hall–Kier alpha value is -1.06. The van der Waals surface area contributed by atoms with E-state index < -0.39 is 0 Å². The molecule has 1 unspecified atom stereocenters. The van der Waals surface area contributed by atoms with Crippen LogP contribution in [0.3, 0.4) is 0 Å². The molecule has 0 bridgehead atoms. The average molecular weight is 156 g/mol. The minimum atomic E-state index is -0.357. The van der Waals surface area contributed by atoms with E-state index in [2.05, 4.69) is 5.32 Å². The number of rotatable bonds is 1. The molecule has 11 heavy (non-hydrogen) atoms. The maximum absolute atomic E-state index is 11.2. The zero-order chi connectivity index (χ0) is 8.59. The molecule has 4 nitrogen and oxygen atoms in total. The molecule has 0 radical (unpaired) electrons. The van der Waals surface area contributed by atoms with Gasteiger partial charge >= 0.3 is 6.03 Å². The number of nitrogens with one attached hydrogen (secondary N) is 1. The molecule has 0 aliphatic carbocycles. The van der Waals surface area contributed by atoms with E-state index in [0.29, 0.717) is 0 Å². The summed E-state index contributed by atoms with van der Waals surface area (Å²) in [7, 11) is 0. The van der Waals surface area contributed by atoms with Gasteiger partial charge in [-0.2, -0.15) is 0 Å². The SMILES string of the molecule is CC1NC(=O)N(C(C)C)C1=O. The fraction of sp³-hybridized carbons (Fsp3) is 0.714. The molecule has 0 saturated carbocycles. The number of carbonyl (C=O) groups is 2. The summed E-state index contributed by atoms with van der Waals surface area (Å²) in [6, 6.07) is -0.685. The molecule has 1 aliphatic rings. The summed E-state index contributed by atoms with van der Waals surface area (Å²) in [5.74, 6) is -0.134. The molecule has 3 amide bonds. The minimum absolute atomic E-state index is 0.0487. The van der Waals surface area contributed by atoms with Crippen LogP contribution >= 0.6 is 0 Å². The van der Waals surface area contributed by atoms with Crippen molar-refractivity contribution in [1.29, 1.82) is 0 Å². The zero-order valence-electron chi connectivity index (χ0n) is 6.92. The molecule has 1 N–H and O–H groups in total. The number of urea groups is 1. The summed E-state index contributed by atoms with van der Waals surface area (Å²) in [5.41, 5.74) is 0. The molecule has 4 heteroatoms. The Morgan fingerprint density at radius 3 is 2.18 bits per heavy atom. The molecule has 62 valence electrons. The predicted molar refractivity (Wildman–Crippen MR) is 40.0 cm³/mol. The lowest BCUT2D eigenvalue weighted by molar-refractivity contribution is -0.128. The second-order valence-corrected chi connectivity index (χ2v) is 2.97. The first-order valence-electron chi connectivity index (χ1n) is 3.67. The van der Waals surface area contributed by atoms with Crippen molar-refractivity contribution in [2.75, 3.05) is 0 Å². The molecular formula is C7H12N2O2. The van der Waals surface area contributed by atoms with Crippen molar-refractivity contribution in [1.82, 2.24) is 10.2 Å². The molecule has 1 rings (SSSR count). The summed E-state index contributed by atoms with van der Waals surface area (Å²) >= 11 is 0. The molecule has 1 heterocycles. The first-order chi connectivity index (χ1) is 5.04. The smallest absolute Gasteiger partial charge is 0.325 e. The van der Waals surface area contributed by atoms with Crippen molar-refractivity contribution >= 4 is 11.9 Å². The van der Waals surface area contributed by atoms with Gasteiger partial charge in [0.05, 0.1) is 0 Å². The highest BCUT2D eigenvalue weighted by Gasteiger charge is 2.36. The third-order valence-electron chi connectivity index (χ3n) is 1.68.